The van der Waals surface area contributed by atoms with Crippen molar-refractivity contribution in [1.29, 1.82) is 0 Å². The molecule has 0 bridgehead atoms. The van der Waals surface area contributed by atoms with E-state index in [1.165, 1.54) is 0 Å². The van der Waals surface area contributed by atoms with Crippen molar-refractivity contribution in [3.05, 3.63) is 40.1 Å². The zero-order valence-electron chi connectivity index (χ0n) is 8.88. The Kier molecular flexibility index (Phi) is 3.48. The average molecular weight is 236 g/mol. The van der Waals surface area contributed by atoms with Crippen molar-refractivity contribution in [2.45, 2.75) is 20.1 Å². The number of thiazole rings is 1. The zero-order valence-corrected chi connectivity index (χ0v) is 9.70. The molecule has 0 aliphatic heterocycles. The first-order valence-electron chi connectivity index (χ1n) is 4.87. The molecule has 0 radical (unpaired) electrons. The molecule has 0 aromatic carbocycles. The predicted molar refractivity (Wildman–Crippen MR) is 61.3 cm³/mol. The Balaban J connectivity index is 1.94. The van der Waals surface area contributed by atoms with Crippen molar-refractivity contribution in [2.75, 3.05) is 0 Å². The number of ether oxygens (including phenoxy) is 1. The fourth-order valence-corrected chi connectivity index (χ4v) is 1.89. The third kappa shape index (κ3) is 2.77. The fourth-order valence-electron chi connectivity index (χ4n) is 1.20. The highest BCUT2D eigenvalue weighted by Crippen LogP contribution is 2.14. The van der Waals surface area contributed by atoms with E-state index in [9.17, 15) is 0 Å². The molecule has 0 aliphatic rings. The smallest absolute Gasteiger partial charge is 0.140 e. The van der Waals surface area contributed by atoms with E-state index in [0.717, 1.165) is 10.7 Å². The molecule has 4 nitrogen and oxygen atoms in total. The number of aryl methyl sites for hydroxylation is 1. The van der Waals surface area contributed by atoms with E-state index in [0.29, 0.717) is 18.1 Å². The van der Waals surface area contributed by atoms with Crippen LogP contribution in [0.4, 0.5) is 0 Å². The Bertz CT molecular complexity index is 453. The fraction of sp³-hybridized carbons (Fsp3) is 0.273. The van der Waals surface area contributed by atoms with Gasteiger partial charge in [-0.25, -0.2) is 4.98 Å². The van der Waals surface area contributed by atoms with Crippen molar-refractivity contribution >= 4 is 11.3 Å². The van der Waals surface area contributed by atoms with Gasteiger partial charge in [-0.05, 0) is 19.1 Å². The van der Waals surface area contributed by atoms with Gasteiger partial charge in [0.15, 0.2) is 0 Å². The van der Waals surface area contributed by atoms with E-state index < -0.39 is 0 Å². The van der Waals surface area contributed by atoms with Gasteiger partial charge < -0.3 is 9.84 Å². The number of aliphatic hydroxyl groups is 1. The quantitative estimate of drug-likeness (QED) is 0.881. The van der Waals surface area contributed by atoms with Gasteiger partial charge in [0, 0.05) is 11.1 Å². The molecule has 0 amide bonds. The van der Waals surface area contributed by atoms with Gasteiger partial charge in [0.2, 0.25) is 0 Å². The maximum absolute atomic E-state index is 8.83. The number of aliphatic hydroxyl groups excluding tert-OH is 1. The van der Waals surface area contributed by atoms with Crippen molar-refractivity contribution in [3.63, 3.8) is 0 Å². The first-order chi connectivity index (χ1) is 7.78. The van der Waals surface area contributed by atoms with Crippen LogP contribution in [0.3, 0.4) is 0 Å². The molecule has 2 heterocycles. The second-order valence-corrected chi connectivity index (χ2v) is 4.26. The van der Waals surface area contributed by atoms with Crippen LogP contribution in [0.1, 0.15) is 16.4 Å². The minimum atomic E-state index is -0.0496. The highest BCUT2D eigenvalue weighted by atomic mass is 32.1. The molecule has 0 atom stereocenters. The van der Waals surface area contributed by atoms with Crippen LogP contribution < -0.4 is 4.74 Å². The summed E-state index contributed by atoms with van der Waals surface area (Å²) < 4.78 is 5.51. The summed E-state index contributed by atoms with van der Waals surface area (Å²) >= 11 is 1.58. The van der Waals surface area contributed by atoms with Gasteiger partial charge in [0.25, 0.3) is 0 Å². The Hall–Kier alpha value is -1.46. The van der Waals surface area contributed by atoms with Crippen LogP contribution in [-0.2, 0) is 13.2 Å². The van der Waals surface area contributed by atoms with Gasteiger partial charge in [0.05, 0.1) is 18.5 Å². The minimum Gasteiger partial charge on any atom is -0.485 e. The predicted octanol–water partition coefficient (Wildman–Crippen LogP) is 1.92. The molecule has 5 heteroatoms. The average Bonchev–Trinajstić information content (AvgIpc) is 2.73. The molecular formula is C11H12N2O2S. The van der Waals surface area contributed by atoms with E-state index >= 15 is 0 Å². The summed E-state index contributed by atoms with van der Waals surface area (Å²) in [5, 5.41) is 11.8. The van der Waals surface area contributed by atoms with Crippen LogP contribution in [-0.4, -0.2) is 15.1 Å². The molecule has 1 N–H and O–H groups in total. The van der Waals surface area contributed by atoms with Crippen LogP contribution in [0.25, 0.3) is 0 Å². The lowest BCUT2D eigenvalue weighted by molar-refractivity contribution is 0.275. The van der Waals surface area contributed by atoms with Crippen LogP contribution in [0.2, 0.25) is 0 Å². The van der Waals surface area contributed by atoms with Gasteiger partial charge in [-0.15, -0.1) is 11.3 Å². The molecule has 84 valence electrons. The van der Waals surface area contributed by atoms with Crippen LogP contribution in [0.5, 0.6) is 5.75 Å². The Labute approximate surface area is 97.6 Å². The monoisotopic (exact) mass is 236 g/mol. The first-order valence-corrected chi connectivity index (χ1v) is 5.75. The number of pyridine rings is 1. The van der Waals surface area contributed by atoms with Gasteiger partial charge >= 0.3 is 0 Å². The number of hydrogen-bond donors (Lipinski definition) is 1. The summed E-state index contributed by atoms with van der Waals surface area (Å²) in [6.45, 7) is 2.36. The lowest BCUT2D eigenvalue weighted by atomic mass is 10.3. The summed E-state index contributed by atoms with van der Waals surface area (Å²) in [4.78, 5) is 8.32. The molecule has 0 unspecified atom stereocenters. The lowest BCUT2D eigenvalue weighted by Gasteiger charge is -2.03. The molecule has 2 rings (SSSR count). The summed E-state index contributed by atoms with van der Waals surface area (Å²) in [5.74, 6) is 0.685. The second-order valence-electron chi connectivity index (χ2n) is 3.31. The molecule has 0 spiro atoms. The van der Waals surface area contributed by atoms with Crippen molar-refractivity contribution in [3.8, 4) is 5.75 Å². The summed E-state index contributed by atoms with van der Waals surface area (Å²) in [5.41, 5.74) is 1.65. The van der Waals surface area contributed by atoms with Crippen molar-refractivity contribution in [2.24, 2.45) is 0 Å². The standard InChI is InChI=1S/C11H12N2O2S/c1-8-7-16-11(13-8)6-15-10-3-2-9(5-14)12-4-10/h2-4,7,14H,5-6H2,1H3. The molecule has 2 aromatic rings. The van der Waals surface area contributed by atoms with E-state index in [-0.39, 0.29) is 6.61 Å². The summed E-state index contributed by atoms with van der Waals surface area (Å²) in [6.07, 6.45) is 1.60. The van der Waals surface area contributed by atoms with Crippen molar-refractivity contribution in [1.82, 2.24) is 9.97 Å². The third-order valence-electron chi connectivity index (χ3n) is 1.99. The van der Waals surface area contributed by atoms with Gasteiger partial charge in [0.1, 0.15) is 17.4 Å². The normalized spacial score (nSPS) is 10.4. The molecule has 0 saturated carbocycles. The number of aromatic nitrogens is 2. The highest BCUT2D eigenvalue weighted by molar-refractivity contribution is 7.09. The van der Waals surface area contributed by atoms with Gasteiger partial charge in [-0.3, -0.25) is 4.98 Å². The Morgan fingerprint density at radius 1 is 1.44 bits per heavy atom. The topological polar surface area (TPSA) is 55.2 Å². The molecule has 0 aliphatic carbocycles. The molecule has 16 heavy (non-hydrogen) atoms. The SMILES string of the molecule is Cc1csc(COc2ccc(CO)nc2)n1. The van der Waals surface area contributed by atoms with E-state index in [1.54, 1.807) is 29.7 Å². The second kappa shape index (κ2) is 5.05. The van der Waals surface area contributed by atoms with Crippen LogP contribution in [0.15, 0.2) is 23.7 Å². The Morgan fingerprint density at radius 2 is 2.31 bits per heavy atom. The van der Waals surface area contributed by atoms with Crippen LogP contribution in [0, 0.1) is 6.92 Å². The highest BCUT2D eigenvalue weighted by Gasteiger charge is 2.00. The summed E-state index contributed by atoms with van der Waals surface area (Å²) in [7, 11) is 0. The largest absolute Gasteiger partial charge is 0.485 e. The van der Waals surface area contributed by atoms with Gasteiger partial charge in [-0.1, -0.05) is 0 Å². The summed E-state index contributed by atoms with van der Waals surface area (Å²) in [6, 6.07) is 3.53. The molecule has 0 saturated heterocycles. The zero-order chi connectivity index (χ0) is 11.4. The lowest BCUT2D eigenvalue weighted by Crippen LogP contribution is -1.96. The van der Waals surface area contributed by atoms with Crippen molar-refractivity contribution < 1.29 is 9.84 Å². The van der Waals surface area contributed by atoms with Gasteiger partial charge in [-0.2, -0.15) is 0 Å². The van der Waals surface area contributed by atoms with Crippen LogP contribution >= 0.6 is 11.3 Å². The maximum atomic E-state index is 8.83. The minimum absolute atomic E-state index is 0.0496. The third-order valence-corrected chi connectivity index (χ3v) is 2.93. The number of rotatable bonds is 4. The molecule has 2 aromatic heterocycles. The molecular weight excluding hydrogens is 224 g/mol. The van der Waals surface area contributed by atoms with E-state index in [1.807, 2.05) is 12.3 Å². The van der Waals surface area contributed by atoms with E-state index in [2.05, 4.69) is 9.97 Å². The first kappa shape index (κ1) is 11.0. The number of hydrogen-bond acceptors (Lipinski definition) is 5. The van der Waals surface area contributed by atoms with E-state index in [4.69, 9.17) is 9.84 Å². The maximum Gasteiger partial charge on any atom is 0.140 e. The molecule has 0 fully saturated rings. The number of nitrogens with zero attached hydrogens (tertiary/aromatic N) is 2. The Morgan fingerprint density at radius 3 is 2.88 bits per heavy atom.